The van der Waals surface area contributed by atoms with Gasteiger partial charge in [0.25, 0.3) is 0 Å². The summed E-state index contributed by atoms with van der Waals surface area (Å²) in [4.78, 5) is 23.5. The van der Waals surface area contributed by atoms with E-state index in [4.69, 9.17) is 9.47 Å². The molecule has 36 heavy (non-hydrogen) atoms. The topological polar surface area (TPSA) is 93.1 Å². The zero-order chi connectivity index (χ0) is 26.6. The smallest absolute Gasteiger partial charge is 0.342 e. The summed E-state index contributed by atoms with van der Waals surface area (Å²) in [6.45, 7) is 6.77. The first-order valence-corrected chi connectivity index (χ1v) is 13.4. The summed E-state index contributed by atoms with van der Waals surface area (Å²) in [5.41, 5.74) is 0.481. The molecule has 0 fully saturated rings. The molecule has 0 aliphatic heterocycles. The second kappa shape index (κ2) is 19.2. The highest BCUT2D eigenvalue weighted by molar-refractivity contribution is 5.92. The Hall–Kier alpha value is -3.02. The van der Waals surface area contributed by atoms with Crippen LogP contribution in [0.25, 0.3) is 0 Å². The van der Waals surface area contributed by atoms with Gasteiger partial charge in [-0.15, -0.1) is 0 Å². The number of phenols is 2. The lowest BCUT2D eigenvalue weighted by atomic mass is 10.1. The Morgan fingerprint density at radius 1 is 0.694 bits per heavy atom. The fraction of sp³-hybridized carbons (Fsp3) is 0.533. The van der Waals surface area contributed by atoms with Gasteiger partial charge in [-0.3, -0.25) is 0 Å². The van der Waals surface area contributed by atoms with Crippen molar-refractivity contribution in [1.29, 1.82) is 0 Å². The molecule has 6 nitrogen and oxygen atoms in total. The van der Waals surface area contributed by atoms with Gasteiger partial charge in [0.2, 0.25) is 0 Å². The predicted molar refractivity (Wildman–Crippen MR) is 144 cm³/mol. The number of para-hydroxylation sites is 2. The number of ether oxygens (including phenoxy) is 2. The van der Waals surface area contributed by atoms with E-state index in [0.717, 1.165) is 44.9 Å². The summed E-state index contributed by atoms with van der Waals surface area (Å²) < 4.78 is 10.5. The molecule has 6 heteroatoms. The van der Waals surface area contributed by atoms with Crippen LogP contribution in [0.2, 0.25) is 0 Å². The molecule has 200 valence electrons. The summed E-state index contributed by atoms with van der Waals surface area (Å²) >= 11 is 0. The van der Waals surface area contributed by atoms with E-state index in [0.29, 0.717) is 6.61 Å². The third-order valence-electron chi connectivity index (χ3n) is 5.84. The molecule has 1 unspecified atom stereocenters. The monoisotopic (exact) mass is 500 g/mol. The average molecular weight is 501 g/mol. The number of rotatable bonds is 15. The molecule has 1 atom stereocenters. The number of aromatic hydroxyl groups is 2. The second-order valence-electron chi connectivity index (χ2n) is 8.87. The van der Waals surface area contributed by atoms with Crippen LogP contribution >= 0.6 is 0 Å². The van der Waals surface area contributed by atoms with Crippen molar-refractivity contribution in [3.63, 3.8) is 0 Å². The Morgan fingerprint density at radius 3 is 1.75 bits per heavy atom. The highest BCUT2D eigenvalue weighted by Crippen LogP contribution is 2.19. The summed E-state index contributed by atoms with van der Waals surface area (Å²) in [7, 11) is 0. The van der Waals surface area contributed by atoms with Crippen LogP contribution in [0.5, 0.6) is 11.5 Å². The fourth-order valence-corrected chi connectivity index (χ4v) is 3.60. The normalized spacial score (nSPS) is 11.2. The largest absolute Gasteiger partial charge is 0.507 e. The highest BCUT2D eigenvalue weighted by Gasteiger charge is 2.16. The SMILES string of the molecule is CCCCCC(CC)OC(=O)c1ccccc1O.CCCCCCCCOC(=O)c1ccccc1O. The Morgan fingerprint density at radius 2 is 1.19 bits per heavy atom. The third kappa shape index (κ3) is 12.6. The van der Waals surface area contributed by atoms with Crippen molar-refractivity contribution in [2.45, 2.75) is 97.5 Å². The highest BCUT2D eigenvalue weighted by atomic mass is 16.5. The van der Waals surface area contributed by atoms with Gasteiger partial charge in [0, 0.05) is 0 Å². The zero-order valence-electron chi connectivity index (χ0n) is 22.2. The third-order valence-corrected chi connectivity index (χ3v) is 5.84. The fourth-order valence-electron chi connectivity index (χ4n) is 3.60. The molecule has 2 N–H and O–H groups in total. The maximum Gasteiger partial charge on any atom is 0.342 e. The summed E-state index contributed by atoms with van der Waals surface area (Å²) in [6, 6.07) is 12.9. The van der Waals surface area contributed by atoms with Crippen LogP contribution in [-0.2, 0) is 9.47 Å². The van der Waals surface area contributed by atoms with Crippen LogP contribution < -0.4 is 0 Å². The molecule has 0 saturated carbocycles. The van der Waals surface area contributed by atoms with Crippen LogP contribution in [0, 0.1) is 0 Å². The number of benzene rings is 2. The molecule has 0 radical (unpaired) electrons. The summed E-state index contributed by atoms with van der Waals surface area (Å²) in [5.74, 6) is -0.922. The van der Waals surface area contributed by atoms with E-state index in [2.05, 4.69) is 13.8 Å². The lowest BCUT2D eigenvalue weighted by molar-refractivity contribution is 0.0264. The van der Waals surface area contributed by atoms with Gasteiger partial charge in [-0.25, -0.2) is 9.59 Å². The van der Waals surface area contributed by atoms with Crippen molar-refractivity contribution in [3.8, 4) is 11.5 Å². The van der Waals surface area contributed by atoms with Gasteiger partial charge in [-0.1, -0.05) is 90.0 Å². The molecule has 0 amide bonds. The van der Waals surface area contributed by atoms with Gasteiger partial charge in [-0.05, 0) is 49.9 Å². The number of carbonyl (C=O) groups excluding carboxylic acids is 2. The predicted octanol–water partition coefficient (Wildman–Crippen LogP) is 7.82. The molecular formula is C30H44O6. The Labute approximate surface area is 216 Å². The van der Waals surface area contributed by atoms with E-state index >= 15 is 0 Å². The summed E-state index contributed by atoms with van der Waals surface area (Å²) in [6.07, 6.45) is 12.0. The number of hydrogen-bond acceptors (Lipinski definition) is 6. The molecule has 0 aliphatic carbocycles. The maximum absolute atomic E-state index is 11.9. The van der Waals surface area contributed by atoms with Crippen LogP contribution in [0.1, 0.15) is 112 Å². The van der Waals surface area contributed by atoms with Gasteiger partial charge in [-0.2, -0.15) is 0 Å². The first kappa shape index (κ1) is 31.0. The Balaban J connectivity index is 0.000000360. The van der Waals surface area contributed by atoms with Gasteiger partial charge >= 0.3 is 11.9 Å². The van der Waals surface area contributed by atoms with E-state index < -0.39 is 11.9 Å². The average Bonchev–Trinajstić information content (AvgIpc) is 2.88. The maximum atomic E-state index is 11.9. The number of hydrogen-bond donors (Lipinski definition) is 2. The molecule has 0 aliphatic rings. The molecule has 0 aromatic heterocycles. The molecule has 0 saturated heterocycles. The van der Waals surface area contributed by atoms with Crippen LogP contribution in [-0.4, -0.2) is 34.9 Å². The minimum Gasteiger partial charge on any atom is -0.507 e. The molecule has 0 heterocycles. The van der Waals surface area contributed by atoms with E-state index in [1.807, 2.05) is 6.92 Å². The molecule has 0 spiro atoms. The van der Waals surface area contributed by atoms with Crippen molar-refractivity contribution >= 4 is 11.9 Å². The zero-order valence-corrected chi connectivity index (χ0v) is 22.2. The van der Waals surface area contributed by atoms with Gasteiger partial charge in [0.1, 0.15) is 28.7 Å². The van der Waals surface area contributed by atoms with E-state index in [1.165, 1.54) is 37.8 Å². The summed E-state index contributed by atoms with van der Waals surface area (Å²) in [5, 5.41) is 19.1. The van der Waals surface area contributed by atoms with Crippen LogP contribution in [0.15, 0.2) is 48.5 Å². The van der Waals surface area contributed by atoms with Crippen molar-refractivity contribution in [1.82, 2.24) is 0 Å². The minimum absolute atomic E-state index is 0.0223. The van der Waals surface area contributed by atoms with E-state index in [9.17, 15) is 19.8 Å². The number of unbranched alkanes of at least 4 members (excludes halogenated alkanes) is 7. The quantitative estimate of drug-likeness (QED) is 0.191. The van der Waals surface area contributed by atoms with Crippen molar-refractivity contribution in [3.05, 3.63) is 59.7 Å². The number of carbonyl (C=O) groups is 2. The van der Waals surface area contributed by atoms with E-state index in [1.54, 1.807) is 36.4 Å². The van der Waals surface area contributed by atoms with Gasteiger partial charge in [0.15, 0.2) is 0 Å². The van der Waals surface area contributed by atoms with Gasteiger partial charge in [0.05, 0.1) is 6.61 Å². The molecule has 0 bridgehead atoms. The number of phenolic OH excluding ortho intramolecular Hbond substituents is 2. The Kier molecular flexibility index (Phi) is 16.5. The Bertz CT molecular complexity index is 879. The lowest BCUT2D eigenvalue weighted by Gasteiger charge is -2.16. The van der Waals surface area contributed by atoms with Crippen molar-refractivity contribution in [2.24, 2.45) is 0 Å². The molecular weight excluding hydrogens is 456 g/mol. The van der Waals surface area contributed by atoms with Crippen molar-refractivity contribution < 1.29 is 29.3 Å². The molecule has 2 aromatic carbocycles. The lowest BCUT2D eigenvalue weighted by Crippen LogP contribution is -2.17. The first-order chi connectivity index (χ1) is 17.4. The second-order valence-corrected chi connectivity index (χ2v) is 8.87. The first-order valence-electron chi connectivity index (χ1n) is 13.4. The minimum atomic E-state index is -0.443. The number of esters is 2. The van der Waals surface area contributed by atoms with Crippen LogP contribution in [0.3, 0.4) is 0 Å². The van der Waals surface area contributed by atoms with E-state index in [-0.39, 0.29) is 28.7 Å². The molecule has 2 rings (SSSR count). The van der Waals surface area contributed by atoms with Gasteiger partial charge < -0.3 is 19.7 Å². The molecule has 2 aromatic rings. The van der Waals surface area contributed by atoms with Crippen LogP contribution in [0.4, 0.5) is 0 Å². The standard InChI is InChI=1S/2C15H22O3/c1-3-5-6-9-12(4-2)18-15(17)13-10-7-8-11-14(13)16;1-2-3-4-5-6-9-12-18-15(17)13-10-7-8-11-14(13)16/h7-8,10-12,16H,3-6,9H2,1-2H3;7-8,10-11,16H,2-6,9,12H2,1H3. The van der Waals surface area contributed by atoms with Crippen molar-refractivity contribution in [2.75, 3.05) is 6.61 Å².